The normalized spacial score (nSPS) is 28.3. The molecule has 9 unspecified atom stereocenters. The standard InChI is InChI=1S/C11H18O4.2C11H18O3S.2C10H16O4.2C10H16O3S.C9H14O4.C9H14O3S/c1-9(2)10(12)15-11(3)8-13-6-4-5-7-14-11;1-9(2)10(12)14-11(3)8-15-7-5-4-6-13-11;1-9(2)10(12)14-11(3)8-13-6-4-5-7-15-11;1-8(2)9(11)14-10(3)7-12-5-4-6-13-10;1-3-9(11)14-10(2)8-12-6-4-5-7-13-10;1-3-9(11)13-10(2)8-14-7-5-4-6-12-10;1-3-9(11)13-10(2)8-12-6-4-5-7-14-10;1-3-8(10)13-9(2)7-11-5-4-6-12-9;1-3-8(10)12-9(2)7-11-5-4-6-13-9/h3*1,4-8H2,2-3H3;1,4-7H2,2-3H3;3*3H,1,4-8H2,2H3;2*3H,1,4-7H2,2H3. The number of esters is 9. The van der Waals surface area contributed by atoms with E-state index in [1.54, 1.807) is 121 Å². The highest BCUT2D eigenvalue weighted by Gasteiger charge is 2.39. The lowest BCUT2D eigenvalue weighted by Gasteiger charge is -2.31. The van der Waals surface area contributed by atoms with Crippen molar-refractivity contribution in [3.05, 3.63) is 112 Å². The first-order chi connectivity index (χ1) is 59.9. The number of hydrogen-bond acceptors (Lipinski definition) is 36. The van der Waals surface area contributed by atoms with Gasteiger partial charge in [0.05, 0.1) is 71.0 Å². The molecule has 9 aliphatic rings. The molecule has 0 aromatic heterocycles. The zero-order valence-electron chi connectivity index (χ0n) is 77.6. The van der Waals surface area contributed by atoms with Gasteiger partial charge in [0, 0.05) is 140 Å². The first-order valence-electron chi connectivity index (χ1n) is 42.7. The molecule has 726 valence electrons. The van der Waals surface area contributed by atoms with Gasteiger partial charge in [-0.15, -0.1) is 35.3 Å². The molecule has 0 bridgehead atoms. The summed E-state index contributed by atoms with van der Waals surface area (Å²) in [6.07, 6.45) is 20.9. The molecule has 31 nitrogen and oxygen atoms in total. The predicted molar refractivity (Wildman–Crippen MR) is 493 cm³/mol. The monoisotopic (exact) mass is 1890 g/mol. The molecule has 0 spiro atoms. The van der Waals surface area contributed by atoms with Crippen molar-refractivity contribution >= 4 is 113 Å². The number of ether oxygens (including phenoxy) is 22. The lowest BCUT2D eigenvalue weighted by atomic mass is 10.2. The number of thioether (sulfide) groups is 5. The highest BCUT2D eigenvalue weighted by atomic mass is 32.2. The average Bonchev–Trinajstić information content (AvgIpc) is 1.87. The van der Waals surface area contributed by atoms with Gasteiger partial charge in [-0.2, -0.15) is 23.5 Å². The molecular weight excluding hydrogens is 1750 g/mol. The van der Waals surface area contributed by atoms with Gasteiger partial charge in [0.1, 0.15) is 26.4 Å². The summed E-state index contributed by atoms with van der Waals surface area (Å²) >= 11 is 8.39. The van der Waals surface area contributed by atoms with E-state index < -0.39 is 79.4 Å². The van der Waals surface area contributed by atoms with E-state index >= 15 is 0 Å². The van der Waals surface area contributed by atoms with Crippen molar-refractivity contribution in [1.82, 2.24) is 0 Å². The summed E-state index contributed by atoms with van der Waals surface area (Å²) in [6, 6.07) is 0. The van der Waals surface area contributed by atoms with Crippen LogP contribution in [0, 0.1) is 0 Å². The van der Waals surface area contributed by atoms with Crippen LogP contribution < -0.4 is 0 Å². The Morgan fingerprint density at radius 1 is 0.244 bits per heavy atom. The topological polar surface area (TPSA) is 357 Å². The second-order valence-corrected chi connectivity index (χ2v) is 38.3. The third-order valence-corrected chi connectivity index (χ3v) is 23.9. The fourth-order valence-electron chi connectivity index (χ4n) is 10.5. The van der Waals surface area contributed by atoms with Crippen LogP contribution in [0.1, 0.15) is 186 Å². The van der Waals surface area contributed by atoms with Crippen molar-refractivity contribution in [2.45, 2.75) is 236 Å². The van der Waals surface area contributed by atoms with Crippen LogP contribution in [0.2, 0.25) is 0 Å². The molecule has 0 saturated carbocycles. The van der Waals surface area contributed by atoms with Gasteiger partial charge in [0.2, 0.25) is 34.7 Å². The molecule has 127 heavy (non-hydrogen) atoms. The Morgan fingerprint density at radius 3 is 0.772 bits per heavy atom. The predicted octanol–water partition coefficient (Wildman–Crippen LogP) is 15.3. The Bertz CT molecular complexity index is 3050. The maximum absolute atomic E-state index is 11.4. The van der Waals surface area contributed by atoms with E-state index in [0.717, 1.165) is 163 Å². The Balaban J connectivity index is 0.000000715. The van der Waals surface area contributed by atoms with Crippen molar-refractivity contribution in [1.29, 1.82) is 0 Å². The average molecular weight is 1900 g/mol. The summed E-state index contributed by atoms with van der Waals surface area (Å²) in [5, 5.41) is 0. The quantitative estimate of drug-likeness (QED) is 0.0699. The highest BCUT2D eigenvalue weighted by Crippen LogP contribution is 2.34. The van der Waals surface area contributed by atoms with Gasteiger partial charge >= 0.3 is 53.7 Å². The van der Waals surface area contributed by atoms with Gasteiger partial charge < -0.3 is 104 Å². The van der Waals surface area contributed by atoms with Crippen molar-refractivity contribution in [3.63, 3.8) is 0 Å². The summed E-state index contributed by atoms with van der Waals surface area (Å²) < 4.78 is 117. The molecule has 0 aromatic rings. The maximum atomic E-state index is 11.4. The molecule has 9 fully saturated rings. The van der Waals surface area contributed by atoms with E-state index in [1.807, 2.05) is 27.7 Å². The highest BCUT2D eigenvalue weighted by molar-refractivity contribution is 8.01. The van der Waals surface area contributed by atoms with Gasteiger partial charge in [-0.25, -0.2) is 43.2 Å². The van der Waals surface area contributed by atoms with Crippen molar-refractivity contribution in [2.24, 2.45) is 0 Å². The van der Waals surface area contributed by atoms with E-state index in [1.165, 1.54) is 12.2 Å². The van der Waals surface area contributed by atoms with Crippen LogP contribution in [-0.4, -0.2) is 276 Å². The largest absolute Gasteiger partial charge is 0.443 e. The van der Waals surface area contributed by atoms with Crippen LogP contribution in [0.3, 0.4) is 0 Å². The molecule has 0 N–H and O–H groups in total. The zero-order chi connectivity index (χ0) is 95.3. The van der Waals surface area contributed by atoms with Gasteiger partial charge in [-0.3, -0.25) is 0 Å². The second kappa shape index (κ2) is 65.7. The summed E-state index contributed by atoms with van der Waals surface area (Å²) in [6.45, 7) is 64.3. The van der Waals surface area contributed by atoms with E-state index in [-0.39, 0.29) is 50.3 Å². The molecule has 36 heteroatoms. The minimum absolute atomic E-state index is 0.270. The SMILES string of the molecule is C=C(C)C(=O)OC1(C)COCCCCO1.C=C(C)C(=O)OC1(C)COCCCCS1.C=C(C)C(=O)OC1(C)COCCCO1.C=C(C)C(=O)OC1(C)CSCCCCO1.C=CC(=O)OC1(C)COCCCCO1.C=CC(=O)OC1(C)COCCCCS1.C=CC(=O)OC1(C)COCCCO1.C=CC(=O)OC1(C)COCCCS1.C=CC(=O)OC1(C)CSCCCCO1. The minimum Gasteiger partial charge on any atom is -0.443 e. The molecule has 9 aliphatic heterocycles. The summed E-state index contributed by atoms with van der Waals surface area (Å²) in [4.78, 5) is 98.9. The van der Waals surface area contributed by atoms with Crippen LogP contribution in [0.5, 0.6) is 0 Å². The van der Waals surface area contributed by atoms with Crippen LogP contribution in [0.15, 0.2) is 112 Å². The van der Waals surface area contributed by atoms with Crippen LogP contribution in [-0.2, 0) is 147 Å². The van der Waals surface area contributed by atoms with Crippen molar-refractivity contribution in [2.75, 3.05) is 172 Å². The fraction of sp³-hybridized carbons (Fsp3) is 0.703. The number of rotatable bonds is 18. The second-order valence-electron chi connectivity index (χ2n) is 31.4. The first-order valence-corrected chi connectivity index (χ1v) is 48.0. The van der Waals surface area contributed by atoms with E-state index in [0.29, 0.717) is 120 Å². The van der Waals surface area contributed by atoms with Gasteiger partial charge in [-0.1, -0.05) is 59.2 Å². The maximum Gasteiger partial charge on any atom is 0.335 e. The third kappa shape index (κ3) is 57.9. The Hall–Kier alpha value is -5.88. The first kappa shape index (κ1) is 119. The van der Waals surface area contributed by atoms with Gasteiger partial charge in [-0.05, 0) is 174 Å². The van der Waals surface area contributed by atoms with Crippen LogP contribution >= 0.6 is 58.8 Å². The Labute approximate surface area is 775 Å². The fourth-order valence-corrected chi connectivity index (χ4v) is 15.8. The minimum atomic E-state index is -0.976. The third-order valence-electron chi connectivity index (χ3n) is 17.4. The van der Waals surface area contributed by atoms with E-state index in [2.05, 4.69) is 59.2 Å². The zero-order valence-corrected chi connectivity index (χ0v) is 81.7. The van der Waals surface area contributed by atoms with Gasteiger partial charge in [0.15, 0.2) is 14.8 Å². The molecule has 0 radical (unpaired) electrons. The lowest BCUT2D eigenvalue weighted by Crippen LogP contribution is -2.41. The molecule has 0 aliphatic carbocycles. The number of carbonyl (C=O) groups is 9. The summed E-state index contributed by atoms with van der Waals surface area (Å²) in [5.74, 6) is -2.68. The van der Waals surface area contributed by atoms with Crippen molar-refractivity contribution in [3.8, 4) is 0 Å². The van der Waals surface area contributed by atoms with Gasteiger partial charge in [0.25, 0.3) is 0 Å². The summed E-state index contributed by atoms with van der Waals surface area (Å²) in [7, 11) is 0. The Morgan fingerprint density at radius 2 is 0.449 bits per heavy atom. The molecule has 9 heterocycles. The Kier molecular flexibility index (Phi) is 61.6. The number of hydrogen-bond donors (Lipinski definition) is 0. The van der Waals surface area contributed by atoms with E-state index in [9.17, 15) is 43.2 Å². The molecule has 0 aromatic carbocycles. The van der Waals surface area contributed by atoms with Crippen LogP contribution in [0.4, 0.5) is 0 Å². The number of carbonyl (C=O) groups excluding carboxylic acids is 9. The molecular formula is C91H146O31S5. The molecule has 0 amide bonds. The summed E-state index contributed by atoms with van der Waals surface area (Å²) in [5.41, 5.74) is 1.56. The smallest absolute Gasteiger partial charge is 0.335 e. The van der Waals surface area contributed by atoms with Crippen molar-refractivity contribution < 1.29 is 147 Å². The lowest BCUT2D eigenvalue weighted by molar-refractivity contribution is -0.246. The molecule has 9 atom stereocenters. The molecule has 9 rings (SSSR count). The van der Waals surface area contributed by atoms with Crippen LogP contribution in [0.25, 0.3) is 0 Å². The van der Waals surface area contributed by atoms with E-state index in [4.69, 9.17) is 104 Å². The molecule has 9 saturated heterocycles.